The topological polar surface area (TPSA) is 151 Å². The van der Waals surface area contributed by atoms with E-state index in [2.05, 4.69) is 36.0 Å². The number of nitrogens with one attached hydrogen (secondary N) is 3. The number of fused-ring (bicyclic) bond motifs is 1. The Balaban J connectivity index is 1.29. The Morgan fingerprint density at radius 2 is 1.89 bits per heavy atom. The van der Waals surface area contributed by atoms with Gasteiger partial charge in [0.25, 0.3) is 11.5 Å². The minimum absolute atomic E-state index is 0.00809. The minimum atomic E-state index is -0.620. The van der Waals surface area contributed by atoms with Gasteiger partial charge in [0.15, 0.2) is 23.0 Å². The highest BCUT2D eigenvalue weighted by Crippen LogP contribution is 2.31. The monoisotopic (exact) mass is 504 g/mol. The van der Waals surface area contributed by atoms with Gasteiger partial charge in [-0.3, -0.25) is 19.0 Å². The van der Waals surface area contributed by atoms with E-state index >= 15 is 0 Å². The second-order valence-corrected chi connectivity index (χ2v) is 8.74. The highest BCUT2D eigenvalue weighted by Gasteiger charge is 2.45. The van der Waals surface area contributed by atoms with Gasteiger partial charge in [-0.25, -0.2) is 23.9 Å². The largest absolute Gasteiger partial charge is 0.385 e. The zero-order valence-electron chi connectivity index (χ0n) is 19.6. The maximum absolute atomic E-state index is 13.2. The van der Waals surface area contributed by atoms with Crippen LogP contribution in [0.25, 0.3) is 11.6 Å². The first-order chi connectivity index (χ1) is 17.9. The predicted molar refractivity (Wildman–Crippen MR) is 129 cm³/mol. The van der Waals surface area contributed by atoms with Crippen LogP contribution in [0.4, 0.5) is 21.6 Å². The Labute approximate surface area is 208 Å². The van der Waals surface area contributed by atoms with E-state index in [1.165, 1.54) is 16.9 Å². The molecule has 0 spiro atoms. The van der Waals surface area contributed by atoms with Gasteiger partial charge in [0, 0.05) is 25.4 Å². The van der Waals surface area contributed by atoms with Crippen LogP contribution < -0.4 is 21.5 Å². The van der Waals surface area contributed by atoms with Gasteiger partial charge in [-0.15, -0.1) is 5.10 Å². The summed E-state index contributed by atoms with van der Waals surface area (Å²) in [5.74, 6) is -0.928. The normalized spacial score (nSPS) is 17.0. The van der Waals surface area contributed by atoms with Crippen LogP contribution in [0.3, 0.4) is 0 Å². The van der Waals surface area contributed by atoms with Crippen LogP contribution in [0, 0.1) is 5.82 Å². The summed E-state index contributed by atoms with van der Waals surface area (Å²) in [5.41, 5.74) is 0.736. The molecule has 188 valence electrons. The number of likely N-dealkylation sites (tertiary alicyclic amines) is 1. The molecule has 13 nitrogen and oxygen atoms in total. The van der Waals surface area contributed by atoms with E-state index in [1.807, 2.05) is 0 Å². The van der Waals surface area contributed by atoms with Crippen LogP contribution in [0.1, 0.15) is 23.3 Å². The van der Waals surface area contributed by atoms with Crippen molar-refractivity contribution in [1.29, 1.82) is 0 Å². The number of amides is 2. The molecule has 1 aliphatic carbocycles. The number of halogens is 1. The van der Waals surface area contributed by atoms with Gasteiger partial charge in [-0.1, -0.05) is 0 Å². The van der Waals surface area contributed by atoms with Gasteiger partial charge in [-0.2, -0.15) is 0 Å². The van der Waals surface area contributed by atoms with Crippen LogP contribution in [-0.2, 0) is 4.79 Å². The summed E-state index contributed by atoms with van der Waals surface area (Å²) in [7, 11) is 1.69. The Hall–Kier alpha value is -4.88. The Kier molecular flexibility index (Phi) is 5.28. The first-order valence-corrected chi connectivity index (χ1v) is 11.6. The molecule has 1 saturated heterocycles. The molecule has 1 saturated carbocycles. The lowest BCUT2D eigenvalue weighted by molar-refractivity contribution is -0.144. The molecule has 4 aromatic heterocycles. The minimum Gasteiger partial charge on any atom is -0.385 e. The third-order valence-electron chi connectivity index (χ3n) is 6.26. The van der Waals surface area contributed by atoms with Gasteiger partial charge in [0.1, 0.15) is 11.7 Å². The van der Waals surface area contributed by atoms with Crippen molar-refractivity contribution in [2.45, 2.75) is 24.9 Å². The molecule has 0 unspecified atom stereocenters. The Morgan fingerprint density at radius 3 is 2.59 bits per heavy atom. The lowest BCUT2D eigenvalue weighted by atomic mass is 10.1. The fraction of sp³-hybridized carbons (Fsp3) is 0.261. The molecule has 2 amide bonds. The number of imidazole rings is 1. The summed E-state index contributed by atoms with van der Waals surface area (Å²) < 4.78 is 15.7. The molecule has 0 aromatic carbocycles. The zero-order chi connectivity index (χ0) is 25.7. The number of nitrogens with zero attached hydrogens (tertiary/aromatic N) is 7. The van der Waals surface area contributed by atoms with E-state index in [0.29, 0.717) is 23.9 Å². The molecule has 1 aliphatic heterocycles. The van der Waals surface area contributed by atoms with Gasteiger partial charge in [0.05, 0.1) is 30.8 Å². The second kappa shape index (κ2) is 8.65. The highest BCUT2D eigenvalue weighted by molar-refractivity contribution is 5.99. The zero-order valence-corrected chi connectivity index (χ0v) is 19.6. The van der Waals surface area contributed by atoms with E-state index in [4.69, 9.17) is 0 Å². The fourth-order valence-electron chi connectivity index (χ4n) is 4.19. The summed E-state index contributed by atoms with van der Waals surface area (Å²) >= 11 is 0. The SMILES string of the molecule is CNc1cc(Nc2cccn(-c3ncc(F)cn3)c2=O)nn2c(C(=O)N[C@@H]3CN(C4CC4)C3=O)cnc12. The molecule has 6 rings (SSSR count). The van der Waals surface area contributed by atoms with Crippen molar-refractivity contribution >= 4 is 34.7 Å². The molecule has 2 fully saturated rings. The number of anilines is 3. The third-order valence-corrected chi connectivity index (χ3v) is 6.26. The van der Waals surface area contributed by atoms with Gasteiger partial charge >= 0.3 is 0 Å². The summed E-state index contributed by atoms with van der Waals surface area (Å²) in [4.78, 5) is 52.1. The van der Waals surface area contributed by atoms with Crippen LogP contribution in [-0.4, -0.2) is 71.5 Å². The molecule has 1 atom stereocenters. The maximum Gasteiger partial charge on any atom is 0.281 e. The van der Waals surface area contributed by atoms with Crippen LogP contribution in [0.5, 0.6) is 0 Å². The number of rotatable bonds is 7. The van der Waals surface area contributed by atoms with Crippen LogP contribution in [0.15, 0.2) is 47.8 Å². The van der Waals surface area contributed by atoms with E-state index in [0.717, 1.165) is 29.8 Å². The first-order valence-electron chi connectivity index (χ1n) is 11.6. The van der Waals surface area contributed by atoms with Crippen molar-refractivity contribution in [1.82, 2.24) is 39.3 Å². The number of pyridine rings is 1. The summed E-state index contributed by atoms with van der Waals surface area (Å²) in [5, 5.41) is 13.2. The summed E-state index contributed by atoms with van der Waals surface area (Å²) in [6.07, 6.45) is 6.79. The molecule has 5 heterocycles. The molecule has 0 radical (unpaired) electrons. The average molecular weight is 504 g/mol. The maximum atomic E-state index is 13.2. The molecule has 14 heteroatoms. The Morgan fingerprint density at radius 1 is 1.11 bits per heavy atom. The molecule has 3 N–H and O–H groups in total. The first kappa shape index (κ1) is 22.6. The Bertz CT molecular complexity index is 1590. The molecule has 2 aliphatic rings. The molecular weight excluding hydrogens is 483 g/mol. The fourth-order valence-corrected chi connectivity index (χ4v) is 4.19. The quantitative estimate of drug-likeness (QED) is 0.309. The van der Waals surface area contributed by atoms with E-state index in [-0.39, 0.29) is 29.1 Å². The molecule has 4 aromatic rings. The molecular formula is C23H21FN10O3. The number of carbonyl (C=O) groups is 2. The number of hydrogen-bond donors (Lipinski definition) is 3. The van der Waals surface area contributed by atoms with Crippen molar-refractivity contribution in [3.05, 3.63) is 64.9 Å². The smallest absolute Gasteiger partial charge is 0.281 e. The molecule has 37 heavy (non-hydrogen) atoms. The van der Waals surface area contributed by atoms with E-state index in [9.17, 15) is 18.8 Å². The lowest BCUT2D eigenvalue weighted by Crippen LogP contribution is -2.64. The van der Waals surface area contributed by atoms with Crippen molar-refractivity contribution in [2.24, 2.45) is 0 Å². The summed E-state index contributed by atoms with van der Waals surface area (Å²) in [6.45, 7) is 0.492. The lowest BCUT2D eigenvalue weighted by Gasteiger charge is -2.38. The summed E-state index contributed by atoms with van der Waals surface area (Å²) in [6, 6.07) is 4.52. The van der Waals surface area contributed by atoms with Crippen molar-refractivity contribution in [3.8, 4) is 5.95 Å². The highest BCUT2D eigenvalue weighted by atomic mass is 19.1. The van der Waals surface area contributed by atoms with E-state index < -0.39 is 23.3 Å². The average Bonchev–Trinajstić information content (AvgIpc) is 3.64. The number of β-lactam (4-membered cyclic amide) rings is 1. The van der Waals surface area contributed by atoms with Crippen LogP contribution >= 0.6 is 0 Å². The number of aromatic nitrogens is 6. The van der Waals surface area contributed by atoms with Gasteiger partial charge in [-0.05, 0) is 25.0 Å². The van der Waals surface area contributed by atoms with Crippen LogP contribution in [0.2, 0.25) is 0 Å². The molecule has 0 bridgehead atoms. The third kappa shape index (κ3) is 4.01. The van der Waals surface area contributed by atoms with Crippen molar-refractivity contribution in [3.63, 3.8) is 0 Å². The predicted octanol–water partition coefficient (Wildman–Crippen LogP) is 0.698. The van der Waals surface area contributed by atoms with Gasteiger partial charge in [0.2, 0.25) is 11.9 Å². The second-order valence-electron chi connectivity index (χ2n) is 8.74. The number of carbonyl (C=O) groups excluding carboxylic acids is 2. The standard InChI is InChI=1S/C23H21FN10O3/c1-25-15-7-18(29-14-3-2-6-32(21(14)36)23-27-8-12(24)9-28-23)31-34-17(10-26-19(15)34)20(35)30-16-11-33(22(16)37)13-4-5-13/h2-3,6-10,13,16,25H,4-5,11H2,1H3,(H,29,31)(H,30,35)/t16-/m1/s1. The number of hydrogen-bond acceptors (Lipinski definition) is 9. The van der Waals surface area contributed by atoms with Gasteiger partial charge < -0.3 is 20.9 Å². The van der Waals surface area contributed by atoms with Crippen molar-refractivity contribution in [2.75, 3.05) is 24.2 Å². The van der Waals surface area contributed by atoms with E-state index in [1.54, 1.807) is 30.1 Å². The van der Waals surface area contributed by atoms with Crippen molar-refractivity contribution < 1.29 is 14.0 Å².